The third-order valence-corrected chi connectivity index (χ3v) is 2.80. The Morgan fingerprint density at radius 3 is 2.67 bits per heavy atom. The number of anilines is 1. The molecule has 1 aromatic carbocycles. The molecule has 0 heterocycles. The normalized spacial score (nSPS) is 11.2. The van der Waals surface area contributed by atoms with Crippen molar-refractivity contribution < 1.29 is 9.53 Å². The number of nitrogen functional groups attached to an aromatic ring is 1. The zero-order valence-corrected chi connectivity index (χ0v) is 11.3. The van der Waals surface area contributed by atoms with Gasteiger partial charge in [0, 0.05) is 13.7 Å². The molecule has 1 amide bonds. The van der Waals surface area contributed by atoms with Gasteiger partial charge in [-0.3, -0.25) is 10.6 Å². The van der Waals surface area contributed by atoms with Gasteiger partial charge < -0.3 is 15.5 Å². The van der Waals surface area contributed by atoms with E-state index in [9.17, 15) is 4.79 Å². The first-order valence-corrected chi connectivity index (χ1v) is 5.80. The Balaban J connectivity index is 2.79. The minimum Gasteiger partial charge on any atom is -0.377 e. The molecule has 1 aromatic rings. The number of carbonyl (C=O) groups excluding carboxylic acids is 1. The lowest BCUT2D eigenvalue weighted by atomic mass is 10.1. The molecule has 18 heavy (non-hydrogen) atoms. The number of hydrazine groups is 1. The van der Waals surface area contributed by atoms with Gasteiger partial charge in [-0.15, -0.1) is 0 Å². The van der Waals surface area contributed by atoms with E-state index in [2.05, 4.69) is 10.7 Å². The summed E-state index contributed by atoms with van der Waals surface area (Å²) in [6, 6.07) is 5.45. The summed E-state index contributed by atoms with van der Waals surface area (Å²) < 4.78 is 5.24. The molecule has 4 N–H and O–H groups in total. The van der Waals surface area contributed by atoms with E-state index in [0.29, 0.717) is 17.8 Å². The molecular formula is C13H21N3O2. The van der Waals surface area contributed by atoms with Gasteiger partial charge in [-0.05, 0) is 38.5 Å². The molecule has 0 radical (unpaired) electrons. The molecule has 0 aliphatic heterocycles. The van der Waals surface area contributed by atoms with Gasteiger partial charge in [-0.25, -0.2) is 0 Å². The molecule has 0 atom stereocenters. The summed E-state index contributed by atoms with van der Waals surface area (Å²) in [5.74, 6) is 5.24. The molecular weight excluding hydrogens is 230 g/mol. The highest BCUT2D eigenvalue weighted by Crippen LogP contribution is 2.16. The SMILES string of the molecule is COC(C)(C)CNC(=O)c1ccc(C)cc1NN. The molecule has 0 bridgehead atoms. The Hall–Kier alpha value is -1.59. The van der Waals surface area contributed by atoms with Crippen molar-refractivity contribution in [2.45, 2.75) is 26.4 Å². The Morgan fingerprint density at radius 2 is 2.11 bits per heavy atom. The number of ether oxygens (including phenoxy) is 1. The third-order valence-electron chi connectivity index (χ3n) is 2.80. The Bertz CT molecular complexity index is 430. The van der Waals surface area contributed by atoms with Crippen LogP contribution in [0.5, 0.6) is 0 Å². The highest BCUT2D eigenvalue weighted by atomic mass is 16.5. The maximum Gasteiger partial charge on any atom is 0.253 e. The average Bonchev–Trinajstić information content (AvgIpc) is 2.36. The van der Waals surface area contributed by atoms with E-state index in [1.165, 1.54) is 0 Å². The number of rotatable bonds is 5. The summed E-state index contributed by atoms with van der Waals surface area (Å²) in [5, 5.41) is 2.82. The molecule has 0 unspecified atom stereocenters. The second-order valence-electron chi connectivity index (χ2n) is 4.84. The first kappa shape index (κ1) is 14.5. The van der Waals surface area contributed by atoms with Crippen LogP contribution in [-0.2, 0) is 4.74 Å². The fourth-order valence-corrected chi connectivity index (χ4v) is 1.44. The van der Waals surface area contributed by atoms with Crippen LogP contribution in [-0.4, -0.2) is 25.2 Å². The van der Waals surface area contributed by atoms with Gasteiger partial charge in [0.2, 0.25) is 0 Å². The first-order chi connectivity index (χ1) is 8.39. The van der Waals surface area contributed by atoms with Gasteiger partial charge in [0.05, 0.1) is 16.9 Å². The standard InChI is InChI=1S/C13H21N3O2/c1-9-5-6-10(11(7-9)16-14)12(17)15-8-13(2,3)18-4/h5-7,16H,8,14H2,1-4H3,(H,15,17). The van der Waals surface area contributed by atoms with Gasteiger partial charge in [0.15, 0.2) is 0 Å². The molecule has 0 aliphatic carbocycles. The van der Waals surface area contributed by atoms with Crippen molar-refractivity contribution in [3.63, 3.8) is 0 Å². The largest absolute Gasteiger partial charge is 0.377 e. The van der Waals surface area contributed by atoms with Crippen molar-refractivity contribution >= 4 is 11.6 Å². The number of methoxy groups -OCH3 is 1. The van der Waals surface area contributed by atoms with Gasteiger partial charge in [-0.2, -0.15) is 0 Å². The Morgan fingerprint density at radius 1 is 1.44 bits per heavy atom. The number of hydrogen-bond donors (Lipinski definition) is 3. The second-order valence-corrected chi connectivity index (χ2v) is 4.84. The molecule has 0 saturated heterocycles. The predicted octanol–water partition coefficient (Wildman–Crippen LogP) is 1.44. The molecule has 0 spiro atoms. The van der Waals surface area contributed by atoms with Gasteiger partial charge in [-0.1, -0.05) is 6.07 Å². The number of amides is 1. The number of nitrogens with two attached hydrogens (primary N) is 1. The summed E-state index contributed by atoms with van der Waals surface area (Å²) in [5.41, 5.74) is 4.32. The highest BCUT2D eigenvalue weighted by Gasteiger charge is 2.19. The van der Waals surface area contributed by atoms with Crippen molar-refractivity contribution in [3.05, 3.63) is 29.3 Å². The van der Waals surface area contributed by atoms with Crippen molar-refractivity contribution in [3.8, 4) is 0 Å². The van der Waals surface area contributed by atoms with Crippen molar-refractivity contribution in [2.24, 2.45) is 5.84 Å². The van der Waals surface area contributed by atoms with E-state index in [0.717, 1.165) is 5.56 Å². The van der Waals surface area contributed by atoms with Crippen LogP contribution in [0.2, 0.25) is 0 Å². The minimum absolute atomic E-state index is 0.173. The van der Waals surface area contributed by atoms with E-state index in [-0.39, 0.29) is 5.91 Å². The van der Waals surface area contributed by atoms with E-state index in [1.807, 2.05) is 32.9 Å². The number of benzene rings is 1. The Kier molecular flexibility index (Phi) is 4.69. The number of aryl methyl sites for hydroxylation is 1. The molecule has 0 fully saturated rings. The summed E-state index contributed by atoms with van der Waals surface area (Å²) >= 11 is 0. The maximum absolute atomic E-state index is 12.0. The fourth-order valence-electron chi connectivity index (χ4n) is 1.44. The van der Waals surface area contributed by atoms with Crippen LogP contribution in [0.1, 0.15) is 29.8 Å². The van der Waals surface area contributed by atoms with Crippen molar-refractivity contribution in [1.82, 2.24) is 5.32 Å². The monoisotopic (exact) mass is 251 g/mol. The maximum atomic E-state index is 12.0. The Labute approximate surface area is 108 Å². The highest BCUT2D eigenvalue weighted by molar-refractivity contribution is 5.99. The van der Waals surface area contributed by atoms with Crippen LogP contribution in [0.25, 0.3) is 0 Å². The molecule has 5 heteroatoms. The molecule has 5 nitrogen and oxygen atoms in total. The predicted molar refractivity (Wildman–Crippen MR) is 72.4 cm³/mol. The van der Waals surface area contributed by atoms with Crippen LogP contribution in [0.4, 0.5) is 5.69 Å². The number of carbonyl (C=O) groups is 1. The van der Waals surface area contributed by atoms with Gasteiger partial charge >= 0.3 is 0 Å². The van der Waals surface area contributed by atoms with Gasteiger partial charge in [0.1, 0.15) is 0 Å². The smallest absolute Gasteiger partial charge is 0.253 e. The molecule has 0 aromatic heterocycles. The van der Waals surface area contributed by atoms with E-state index in [1.54, 1.807) is 13.2 Å². The summed E-state index contributed by atoms with van der Waals surface area (Å²) in [6.07, 6.45) is 0. The van der Waals surface area contributed by atoms with Gasteiger partial charge in [0.25, 0.3) is 5.91 Å². The third kappa shape index (κ3) is 3.72. The van der Waals surface area contributed by atoms with Crippen molar-refractivity contribution in [2.75, 3.05) is 19.1 Å². The summed E-state index contributed by atoms with van der Waals surface area (Å²) in [4.78, 5) is 12.0. The zero-order chi connectivity index (χ0) is 13.8. The van der Waals surface area contributed by atoms with Crippen LogP contribution in [0.15, 0.2) is 18.2 Å². The quantitative estimate of drug-likeness (QED) is 0.546. The lowest BCUT2D eigenvalue weighted by Crippen LogP contribution is -2.40. The summed E-state index contributed by atoms with van der Waals surface area (Å²) in [7, 11) is 1.62. The fraction of sp³-hybridized carbons (Fsp3) is 0.462. The van der Waals surface area contributed by atoms with Crippen LogP contribution >= 0.6 is 0 Å². The molecule has 0 saturated carbocycles. The number of nitrogens with one attached hydrogen (secondary N) is 2. The molecule has 100 valence electrons. The lowest BCUT2D eigenvalue weighted by Gasteiger charge is -2.23. The average molecular weight is 251 g/mol. The zero-order valence-electron chi connectivity index (χ0n) is 11.3. The lowest BCUT2D eigenvalue weighted by molar-refractivity contribution is 0.0229. The minimum atomic E-state index is -0.392. The summed E-state index contributed by atoms with van der Waals surface area (Å²) in [6.45, 7) is 6.19. The molecule has 0 aliphatic rings. The van der Waals surface area contributed by atoms with Crippen molar-refractivity contribution in [1.29, 1.82) is 0 Å². The number of hydrogen-bond acceptors (Lipinski definition) is 4. The van der Waals surface area contributed by atoms with E-state index >= 15 is 0 Å². The second kappa shape index (κ2) is 5.84. The van der Waals surface area contributed by atoms with Crippen LogP contribution in [0.3, 0.4) is 0 Å². The topological polar surface area (TPSA) is 76.4 Å². The van der Waals surface area contributed by atoms with Crippen LogP contribution < -0.4 is 16.6 Å². The van der Waals surface area contributed by atoms with E-state index in [4.69, 9.17) is 10.6 Å². The van der Waals surface area contributed by atoms with E-state index < -0.39 is 5.60 Å². The van der Waals surface area contributed by atoms with Crippen LogP contribution in [0, 0.1) is 6.92 Å². The molecule has 1 rings (SSSR count). The first-order valence-electron chi connectivity index (χ1n) is 5.80.